The maximum atomic E-state index is 12.6. The third-order valence-electron chi connectivity index (χ3n) is 4.99. The Labute approximate surface area is 154 Å². The maximum absolute atomic E-state index is 12.6. The van der Waals surface area contributed by atoms with Crippen molar-refractivity contribution in [3.63, 3.8) is 0 Å². The first-order valence-electron chi connectivity index (χ1n) is 9.02. The molecule has 2 aliphatic rings. The number of carbonyl (C=O) groups is 1. The molecule has 1 atom stereocenters. The molecule has 2 aliphatic heterocycles. The van der Waals surface area contributed by atoms with Crippen LogP contribution < -0.4 is 5.32 Å². The molecule has 3 heterocycles. The predicted molar refractivity (Wildman–Crippen MR) is 99.2 cm³/mol. The maximum Gasteiger partial charge on any atom is 0.252 e. The van der Waals surface area contributed by atoms with E-state index in [-0.39, 0.29) is 5.91 Å². The third kappa shape index (κ3) is 4.42. The van der Waals surface area contributed by atoms with E-state index in [4.69, 9.17) is 0 Å². The summed E-state index contributed by atoms with van der Waals surface area (Å²) in [4.78, 5) is 15.3. The van der Waals surface area contributed by atoms with E-state index in [1.807, 2.05) is 11.9 Å². The van der Waals surface area contributed by atoms with Gasteiger partial charge < -0.3 is 10.2 Å². The Morgan fingerprint density at radius 3 is 2.72 bits per heavy atom. The molecular weight excluding hydrogens is 358 g/mol. The smallest absolute Gasteiger partial charge is 0.252 e. The Hall–Kier alpha value is -0.960. The van der Waals surface area contributed by atoms with Gasteiger partial charge in [0.05, 0.1) is 6.42 Å². The molecule has 0 spiro atoms. The molecule has 1 N–H and O–H groups in total. The second kappa shape index (κ2) is 8.16. The van der Waals surface area contributed by atoms with E-state index in [1.165, 1.54) is 11.3 Å². The molecule has 25 heavy (non-hydrogen) atoms. The van der Waals surface area contributed by atoms with Crippen LogP contribution in [-0.2, 0) is 21.2 Å². The molecule has 140 valence electrons. The summed E-state index contributed by atoms with van der Waals surface area (Å²) in [5, 5.41) is 3.19. The van der Waals surface area contributed by atoms with Crippen molar-refractivity contribution in [2.75, 3.05) is 39.8 Å². The average molecular weight is 386 g/mol. The summed E-state index contributed by atoms with van der Waals surface area (Å²) in [5.74, 6) is 0.616. The van der Waals surface area contributed by atoms with E-state index in [2.05, 4.69) is 5.32 Å². The lowest BCUT2D eigenvalue weighted by Gasteiger charge is -2.32. The number of piperidine rings is 1. The van der Waals surface area contributed by atoms with Gasteiger partial charge in [0.15, 0.2) is 0 Å². The van der Waals surface area contributed by atoms with Crippen LogP contribution >= 0.6 is 11.3 Å². The molecule has 1 amide bonds. The Kier molecular flexibility index (Phi) is 6.14. The fourth-order valence-corrected chi connectivity index (χ4v) is 6.67. The molecule has 2 saturated heterocycles. The van der Waals surface area contributed by atoms with Gasteiger partial charge in [-0.25, -0.2) is 8.42 Å². The highest BCUT2D eigenvalue weighted by Gasteiger charge is 2.29. The van der Waals surface area contributed by atoms with Gasteiger partial charge in [-0.2, -0.15) is 4.31 Å². The summed E-state index contributed by atoms with van der Waals surface area (Å²) >= 11 is 1.24. The van der Waals surface area contributed by atoms with Crippen LogP contribution in [0.4, 0.5) is 0 Å². The number of carbonyl (C=O) groups excluding carboxylic acids is 1. The summed E-state index contributed by atoms with van der Waals surface area (Å²) in [5.41, 5.74) is 0. The highest BCUT2D eigenvalue weighted by molar-refractivity contribution is 7.91. The first kappa shape index (κ1) is 18.8. The number of nitrogens with zero attached hydrogens (tertiary/aromatic N) is 2. The highest BCUT2D eigenvalue weighted by atomic mass is 32.2. The quantitative estimate of drug-likeness (QED) is 0.806. The molecule has 1 aromatic rings. The minimum atomic E-state index is -3.38. The van der Waals surface area contributed by atoms with Gasteiger partial charge in [0.25, 0.3) is 10.0 Å². The normalized spacial score (nSPS) is 22.4. The molecular formula is C17H27N3O3S2. The summed E-state index contributed by atoms with van der Waals surface area (Å²) in [6.45, 7) is 3.75. The van der Waals surface area contributed by atoms with E-state index in [9.17, 15) is 13.2 Å². The number of thiophene rings is 1. The van der Waals surface area contributed by atoms with E-state index in [0.29, 0.717) is 29.6 Å². The molecule has 1 aromatic heterocycles. The van der Waals surface area contributed by atoms with Crippen LogP contribution in [0.2, 0.25) is 0 Å². The van der Waals surface area contributed by atoms with Gasteiger partial charge in [0.1, 0.15) is 4.21 Å². The van der Waals surface area contributed by atoms with Gasteiger partial charge in [-0.1, -0.05) is 0 Å². The number of hydrogen-bond donors (Lipinski definition) is 1. The molecule has 0 saturated carbocycles. The van der Waals surface area contributed by atoms with Crippen LogP contribution in [-0.4, -0.2) is 63.3 Å². The lowest BCUT2D eigenvalue weighted by molar-refractivity contribution is -0.132. The minimum absolute atomic E-state index is 0.104. The molecule has 3 rings (SSSR count). The zero-order valence-electron chi connectivity index (χ0n) is 14.7. The lowest BCUT2D eigenvalue weighted by atomic mass is 9.98. The van der Waals surface area contributed by atoms with Crippen LogP contribution in [0, 0.1) is 5.92 Å². The van der Waals surface area contributed by atoms with Crippen molar-refractivity contribution in [1.82, 2.24) is 14.5 Å². The molecule has 0 bridgehead atoms. The number of nitrogens with one attached hydrogen (secondary N) is 1. The molecule has 2 fully saturated rings. The molecule has 0 aliphatic carbocycles. The number of amides is 1. The van der Waals surface area contributed by atoms with Crippen molar-refractivity contribution in [2.45, 2.75) is 36.3 Å². The molecule has 6 nitrogen and oxygen atoms in total. The Morgan fingerprint density at radius 2 is 2.00 bits per heavy atom. The first-order chi connectivity index (χ1) is 12.0. The van der Waals surface area contributed by atoms with Crippen LogP contribution in [0.1, 0.15) is 30.6 Å². The number of hydrogen-bond acceptors (Lipinski definition) is 5. The van der Waals surface area contributed by atoms with Crippen molar-refractivity contribution < 1.29 is 13.2 Å². The second-order valence-corrected chi connectivity index (χ2v) is 10.2. The van der Waals surface area contributed by atoms with Gasteiger partial charge in [-0.3, -0.25) is 4.79 Å². The predicted octanol–water partition coefficient (Wildman–Crippen LogP) is 1.53. The topological polar surface area (TPSA) is 69.7 Å². The average Bonchev–Trinajstić information content (AvgIpc) is 3.28. The van der Waals surface area contributed by atoms with Crippen LogP contribution in [0.25, 0.3) is 0 Å². The van der Waals surface area contributed by atoms with Gasteiger partial charge >= 0.3 is 0 Å². The van der Waals surface area contributed by atoms with Gasteiger partial charge in [-0.15, -0.1) is 11.3 Å². The SMILES string of the molecule is CNCC1CCCN(C(=O)Cc2ccc(S(=O)(=O)N3CCCC3)s2)C1. The largest absolute Gasteiger partial charge is 0.342 e. The molecule has 0 aromatic carbocycles. The van der Waals surface area contributed by atoms with E-state index >= 15 is 0 Å². The lowest BCUT2D eigenvalue weighted by Crippen LogP contribution is -2.43. The van der Waals surface area contributed by atoms with E-state index in [1.54, 1.807) is 16.4 Å². The van der Waals surface area contributed by atoms with Crippen LogP contribution in [0.5, 0.6) is 0 Å². The Balaban J connectivity index is 1.62. The van der Waals surface area contributed by atoms with Crippen molar-refractivity contribution >= 4 is 27.3 Å². The third-order valence-corrected chi connectivity index (χ3v) is 8.44. The number of rotatable bonds is 6. The second-order valence-electron chi connectivity index (χ2n) is 6.91. The van der Waals surface area contributed by atoms with Gasteiger partial charge in [0.2, 0.25) is 5.91 Å². The van der Waals surface area contributed by atoms with Crippen molar-refractivity contribution in [1.29, 1.82) is 0 Å². The Morgan fingerprint density at radius 1 is 1.24 bits per heavy atom. The minimum Gasteiger partial charge on any atom is -0.342 e. The molecule has 0 radical (unpaired) electrons. The van der Waals surface area contributed by atoms with E-state index in [0.717, 1.165) is 50.2 Å². The van der Waals surface area contributed by atoms with Gasteiger partial charge in [-0.05, 0) is 57.3 Å². The molecule has 1 unspecified atom stereocenters. The first-order valence-corrected chi connectivity index (χ1v) is 11.3. The zero-order valence-corrected chi connectivity index (χ0v) is 16.4. The van der Waals surface area contributed by atoms with Crippen LogP contribution in [0.3, 0.4) is 0 Å². The monoisotopic (exact) mass is 385 g/mol. The van der Waals surface area contributed by atoms with Crippen molar-refractivity contribution in [3.05, 3.63) is 17.0 Å². The number of likely N-dealkylation sites (tertiary alicyclic amines) is 1. The standard InChI is InChI=1S/C17H27N3O3S2/c1-18-12-14-5-4-8-19(13-14)16(21)11-15-6-7-17(24-15)25(22,23)20-9-2-3-10-20/h6-7,14,18H,2-5,8-13H2,1H3. The number of sulfonamides is 1. The van der Waals surface area contributed by atoms with Crippen molar-refractivity contribution in [3.8, 4) is 0 Å². The fourth-order valence-electron chi connectivity index (χ4n) is 3.66. The Bertz CT molecular complexity index is 694. The highest BCUT2D eigenvalue weighted by Crippen LogP contribution is 2.28. The van der Waals surface area contributed by atoms with Gasteiger partial charge in [0, 0.05) is 31.1 Å². The zero-order chi connectivity index (χ0) is 17.9. The summed E-state index contributed by atoms with van der Waals surface area (Å²) in [6, 6.07) is 3.45. The van der Waals surface area contributed by atoms with Crippen LogP contribution in [0.15, 0.2) is 16.3 Å². The van der Waals surface area contributed by atoms with E-state index < -0.39 is 10.0 Å². The summed E-state index contributed by atoms with van der Waals surface area (Å²) < 4.78 is 27.1. The summed E-state index contributed by atoms with van der Waals surface area (Å²) in [7, 11) is -1.44. The summed E-state index contributed by atoms with van der Waals surface area (Å²) in [6.07, 6.45) is 4.35. The fraction of sp³-hybridized carbons (Fsp3) is 0.706. The van der Waals surface area contributed by atoms with Crippen molar-refractivity contribution in [2.24, 2.45) is 5.92 Å². The molecule has 8 heteroatoms.